The van der Waals surface area contributed by atoms with Crippen molar-refractivity contribution < 1.29 is 9.53 Å². The summed E-state index contributed by atoms with van der Waals surface area (Å²) in [6.45, 7) is 1.96. The zero-order valence-corrected chi connectivity index (χ0v) is 14.0. The second kappa shape index (κ2) is 6.91. The van der Waals surface area contributed by atoms with E-state index < -0.39 is 0 Å². The molecule has 2 aromatic rings. The molecule has 1 heterocycles. The number of aromatic nitrogens is 1. The van der Waals surface area contributed by atoms with Gasteiger partial charge in [-0.15, -0.1) is 0 Å². The Bertz CT molecular complexity index is 677. The van der Waals surface area contributed by atoms with Gasteiger partial charge < -0.3 is 10.1 Å². The van der Waals surface area contributed by atoms with Crippen molar-refractivity contribution in [3.05, 3.63) is 51.2 Å². The molecule has 0 saturated carbocycles. The van der Waals surface area contributed by atoms with E-state index in [1.807, 2.05) is 6.92 Å². The highest BCUT2D eigenvalue weighted by molar-refractivity contribution is 9.10. The van der Waals surface area contributed by atoms with Gasteiger partial charge in [0.1, 0.15) is 10.9 Å². The smallest absolute Gasteiger partial charge is 0.255 e. The van der Waals surface area contributed by atoms with Crippen LogP contribution in [0.5, 0.6) is 5.75 Å². The van der Waals surface area contributed by atoms with E-state index in [9.17, 15) is 4.79 Å². The topological polar surface area (TPSA) is 51.2 Å². The minimum absolute atomic E-state index is 0.230. The van der Waals surface area contributed by atoms with Crippen molar-refractivity contribution >= 4 is 39.1 Å². The fraction of sp³-hybridized carbons (Fsp3) is 0.200. The summed E-state index contributed by atoms with van der Waals surface area (Å²) in [4.78, 5) is 16.4. The number of pyridine rings is 1. The van der Waals surface area contributed by atoms with Crippen LogP contribution in [0.2, 0.25) is 5.15 Å². The first kappa shape index (κ1) is 15.8. The normalized spacial score (nSPS) is 10.3. The molecular weight excluding hydrogens is 356 g/mol. The van der Waals surface area contributed by atoms with E-state index in [0.717, 1.165) is 16.6 Å². The molecule has 0 spiro atoms. The molecular formula is C15H14BrClN2O2. The molecule has 0 radical (unpaired) electrons. The van der Waals surface area contributed by atoms with Crippen LogP contribution in [0.25, 0.3) is 0 Å². The van der Waals surface area contributed by atoms with Crippen LogP contribution in [0.3, 0.4) is 0 Å². The number of anilines is 1. The Kier molecular flexibility index (Phi) is 5.20. The molecule has 1 aromatic heterocycles. The lowest BCUT2D eigenvalue weighted by Gasteiger charge is -2.09. The molecule has 0 aliphatic heterocycles. The molecule has 1 amide bonds. The van der Waals surface area contributed by atoms with E-state index in [1.54, 1.807) is 37.4 Å². The molecule has 0 aliphatic rings. The van der Waals surface area contributed by atoms with Gasteiger partial charge >= 0.3 is 0 Å². The minimum atomic E-state index is -0.230. The molecule has 0 saturated heterocycles. The van der Waals surface area contributed by atoms with E-state index in [4.69, 9.17) is 16.3 Å². The van der Waals surface area contributed by atoms with Crippen LogP contribution in [0, 0.1) is 0 Å². The number of amides is 1. The number of halogens is 2. The van der Waals surface area contributed by atoms with E-state index in [2.05, 4.69) is 26.2 Å². The first-order valence-corrected chi connectivity index (χ1v) is 7.52. The maximum absolute atomic E-state index is 12.3. The summed E-state index contributed by atoms with van der Waals surface area (Å²) < 4.78 is 5.92. The summed E-state index contributed by atoms with van der Waals surface area (Å²) in [5.41, 5.74) is 1.93. The average molecular weight is 370 g/mol. The first-order chi connectivity index (χ1) is 10.0. The van der Waals surface area contributed by atoms with Gasteiger partial charge in [-0.1, -0.05) is 18.5 Å². The number of nitrogens with one attached hydrogen (secondary N) is 1. The monoisotopic (exact) mass is 368 g/mol. The summed E-state index contributed by atoms with van der Waals surface area (Å²) in [7, 11) is 1.59. The Morgan fingerprint density at radius 2 is 2.14 bits per heavy atom. The molecule has 0 unspecified atom stereocenters. The van der Waals surface area contributed by atoms with Gasteiger partial charge in [0.25, 0.3) is 5.91 Å². The number of nitrogens with zero attached hydrogens (tertiary/aromatic N) is 1. The zero-order valence-electron chi connectivity index (χ0n) is 11.6. The Balaban J connectivity index is 2.21. The molecule has 1 N–H and O–H groups in total. The van der Waals surface area contributed by atoms with Crippen molar-refractivity contribution in [3.63, 3.8) is 0 Å². The van der Waals surface area contributed by atoms with Gasteiger partial charge in [-0.2, -0.15) is 0 Å². The fourth-order valence-electron chi connectivity index (χ4n) is 1.81. The third-order valence-corrected chi connectivity index (χ3v) is 3.69. The second-order valence-electron chi connectivity index (χ2n) is 4.33. The van der Waals surface area contributed by atoms with E-state index in [0.29, 0.717) is 22.2 Å². The summed E-state index contributed by atoms with van der Waals surface area (Å²) in [5.74, 6) is 0.472. The van der Waals surface area contributed by atoms with Gasteiger partial charge in [-0.3, -0.25) is 4.79 Å². The van der Waals surface area contributed by atoms with Crippen molar-refractivity contribution in [3.8, 4) is 5.75 Å². The number of rotatable bonds is 4. The number of ether oxygens (including phenoxy) is 1. The third kappa shape index (κ3) is 3.95. The lowest BCUT2D eigenvalue weighted by molar-refractivity contribution is 0.102. The summed E-state index contributed by atoms with van der Waals surface area (Å²) in [5, 5.41) is 3.13. The predicted molar refractivity (Wildman–Crippen MR) is 87.3 cm³/mol. The highest BCUT2D eigenvalue weighted by Crippen LogP contribution is 2.28. The largest absolute Gasteiger partial charge is 0.496 e. The SMILES string of the molecule is CCc1cc(C(=O)Nc2ccc(OC)c(Br)c2)cc(Cl)n1. The minimum Gasteiger partial charge on any atom is -0.496 e. The maximum atomic E-state index is 12.3. The Morgan fingerprint density at radius 1 is 1.38 bits per heavy atom. The average Bonchev–Trinajstić information content (AvgIpc) is 2.46. The van der Waals surface area contributed by atoms with Gasteiger partial charge in [-0.05, 0) is 52.7 Å². The molecule has 6 heteroatoms. The Morgan fingerprint density at radius 3 is 2.76 bits per heavy atom. The molecule has 0 bridgehead atoms. The van der Waals surface area contributed by atoms with Crippen molar-refractivity contribution in [2.45, 2.75) is 13.3 Å². The summed E-state index contributed by atoms with van der Waals surface area (Å²) in [6, 6.07) is 8.61. The number of methoxy groups -OCH3 is 1. The first-order valence-electron chi connectivity index (χ1n) is 6.35. The van der Waals surface area contributed by atoms with Crippen molar-refractivity contribution in [2.75, 3.05) is 12.4 Å². The molecule has 21 heavy (non-hydrogen) atoms. The highest BCUT2D eigenvalue weighted by atomic mass is 79.9. The van der Waals surface area contributed by atoms with Crippen LogP contribution in [-0.2, 0) is 6.42 Å². The van der Waals surface area contributed by atoms with Crippen LogP contribution >= 0.6 is 27.5 Å². The van der Waals surface area contributed by atoms with Crippen molar-refractivity contribution in [1.82, 2.24) is 4.98 Å². The lowest BCUT2D eigenvalue weighted by atomic mass is 10.2. The highest BCUT2D eigenvalue weighted by Gasteiger charge is 2.10. The number of hydrogen-bond donors (Lipinski definition) is 1. The van der Waals surface area contributed by atoms with Gasteiger partial charge in [0, 0.05) is 16.9 Å². The van der Waals surface area contributed by atoms with E-state index >= 15 is 0 Å². The molecule has 0 atom stereocenters. The van der Waals surface area contributed by atoms with Crippen LogP contribution in [0.15, 0.2) is 34.8 Å². The zero-order chi connectivity index (χ0) is 15.4. The standard InChI is InChI=1S/C15H14BrClN2O2/c1-3-10-6-9(7-14(17)18-10)15(20)19-11-4-5-13(21-2)12(16)8-11/h4-8H,3H2,1-2H3,(H,19,20). The quantitative estimate of drug-likeness (QED) is 0.817. The molecule has 4 nitrogen and oxygen atoms in total. The van der Waals surface area contributed by atoms with Crippen LogP contribution in [-0.4, -0.2) is 18.0 Å². The number of carbonyl (C=O) groups is 1. The van der Waals surface area contributed by atoms with Crippen LogP contribution in [0.1, 0.15) is 23.0 Å². The van der Waals surface area contributed by atoms with Crippen molar-refractivity contribution in [1.29, 1.82) is 0 Å². The fourth-order valence-corrected chi connectivity index (χ4v) is 2.58. The van der Waals surface area contributed by atoms with E-state index in [-0.39, 0.29) is 5.91 Å². The Hall–Kier alpha value is -1.59. The van der Waals surface area contributed by atoms with Gasteiger partial charge in [0.05, 0.1) is 11.6 Å². The number of hydrogen-bond acceptors (Lipinski definition) is 3. The molecule has 110 valence electrons. The second-order valence-corrected chi connectivity index (χ2v) is 5.57. The summed E-state index contributed by atoms with van der Waals surface area (Å²) in [6.07, 6.45) is 0.717. The number of carbonyl (C=O) groups excluding carboxylic acids is 1. The van der Waals surface area contributed by atoms with E-state index in [1.165, 1.54) is 0 Å². The predicted octanol–water partition coefficient (Wildman–Crippen LogP) is 4.32. The number of aryl methyl sites for hydroxylation is 1. The Labute approximate surface area is 136 Å². The summed E-state index contributed by atoms with van der Waals surface area (Å²) >= 11 is 9.31. The molecule has 0 aliphatic carbocycles. The van der Waals surface area contributed by atoms with Crippen LogP contribution in [0.4, 0.5) is 5.69 Å². The molecule has 1 aromatic carbocycles. The number of benzene rings is 1. The van der Waals surface area contributed by atoms with Gasteiger partial charge in [0.2, 0.25) is 0 Å². The molecule has 0 fully saturated rings. The molecule has 2 rings (SSSR count). The van der Waals surface area contributed by atoms with Gasteiger partial charge in [0.15, 0.2) is 0 Å². The van der Waals surface area contributed by atoms with Crippen LogP contribution < -0.4 is 10.1 Å². The third-order valence-electron chi connectivity index (χ3n) is 2.88. The van der Waals surface area contributed by atoms with Gasteiger partial charge in [-0.25, -0.2) is 4.98 Å². The van der Waals surface area contributed by atoms with Crippen molar-refractivity contribution in [2.24, 2.45) is 0 Å². The lowest BCUT2D eigenvalue weighted by Crippen LogP contribution is -2.12. The maximum Gasteiger partial charge on any atom is 0.255 e.